The van der Waals surface area contributed by atoms with Crippen LogP contribution in [-0.4, -0.2) is 9.97 Å². The van der Waals surface area contributed by atoms with Crippen LogP contribution in [0.3, 0.4) is 0 Å². The van der Waals surface area contributed by atoms with E-state index in [2.05, 4.69) is 22.2 Å². The first-order chi connectivity index (χ1) is 9.88. The van der Waals surface area contributed by atoms with Gasteiger partial charge in [-0.15, -0.1) is 0 Å². The molecule has 0 bridgehead atoms. The summed E-state index contributed by atoms with van der Waals surface area (Å²) in [5.41, 5.74) is 0.727. The normalized spacial score (nSPS) is 11.5. The van der Waals surface area contributed by atoms with Crippen molar-refractivity contribution in [3.8, 4) is 0 Å². The topological polar surface area (TPSA) is 37.8 Å². The minimum absolute atomic E-state index is 0.00515. The van der Waals surface area contributed by atoms with Gasteiger partial charge in [-0.1, -0.05) is 25.5 Å². The zero-order valence-electron chi connectivity index (χ0n) is 11.2. The lowest BCUT2D eigenvalue weighted by Crippen LogP contribution is -2.10. The molecular weight excluding hydrogens is 303 g/mol. The minimum atomic E-state index is -4.56. The molecule has 0 aliphatic heterocycles. The lowest BCUT2D eigenvalue weighted by atomic mass is 10.1. The maximum atomic E-state index is 12.6. The van der Waals surface area contributed by atoms with Crippen molar-refractivity contribution in [2.24, 2.45) is 0 Å². The number of hydrogen-bond donors (Lipinski definition) is 1. The van der Waals surface area contributed by atoms with Gasteiger partial charge in [-0.05, 0) is 35.7 Å². The van der Waals surface area contributed by atoms with Crippen LogP contribution in [0.4, 0.5) is 24.7 Å². The zero-order valence-corrected chi connectivity index (χ0v) is 12.0. The molecule has 0 unspecified atom stereocenters. The van der Waals surface area contributed by atoms with Gasteiger partial charge in [-0.2, -0.15) is 13.2 Å². The first-order valence-electron chi connectivity index (χ1n) is 6.36. The lowest BCUT2D eigenvalue weighted by Gasteiger charge is -2.10. The Bertz CT molecular complexity index is 612. The van der Waals surface area contributed by atoms with Crippen molar-refractivity contribution in [1.82, 2.24) is 9.97 Å². The van der Waals surface area contributed by atoms with Crippen LogP contribution >= 0.6 is 11.6 Å². The predicted octanol–water partition coefficient (Wildman–Crippen LogP) is 4.84. The van der Waals surface area contributed by atoms with Gasteiger partial charge in [-0.3, -0.25) is 0 Å². The van der Waals surface area contributed by atoms with E-state index in [1.54, 1.807) is 12.1 Å². The number of rotatable bonds is 4. The summed E-state index contributed by atoms with van der Waals surface area (Å²) in [6.45, 7) is 2.08. The van der Waals surface area contributed by atoms with Gasteiger partial charge in [0.1, 0.15) is 5.82 Å². The summed E-state index contributed by atoms with van der Waals surface area (Å²) in [4.78, 5) is 6.92. The quantitative estimate of drug-likeness (QED) is 0.820. The van der Waals surface area contributed by atoms with E-state index in [1.807, 2.05) is 12.1 Å². The van der Waals surface area contributed by atoms with Gasteiger partial charge in [0, 0.05) is 11.8 Å². The Labute approximate surface area is 125 Å². The Morgan fingerprint density at radius 1 is 1.14 bits per heavy atom. The fourth-order valence-electron chi connectivity index (χ4n) is 1.82. The summed E-state index contributed by atoms with van der Waals surface area (Å²) in [5, 5.41) is 2.34. The molecular formula is C14H13ClF3N3. The van der Waals surface area contributed by atoms with Crippen molar-refractivity contribution in [2.45, 2.75) is 25.9 Å². The second kappa shape index (κ2) is 6.30. The highest BCUT2D eigenvalue weighted by molar-refractivity contribution is 6.28. The predicted molar refractivity (Wildman–Crippen MR) is 75.8 cm³/mol. The highest BCUT2D eigenvalue weighted by Crippen LogP contribution is 2.30. The number of aryl methyl sites for hydroxylation is 1. The molecule has 2 rings (SSSR count). The lowest BCUT2D eigenvalue weighted by molar-refractivity contribution is -0.141. The smallest absolute Gasteiger partial charge is 0.340 e. The number of hydrogen-bond acceptors (Lipinski definition) is 3. The van der Waals surface area contributed by atoms with Gasteiger partial charge < -0.3 is 5.32 Å². The zero-order chi connectivity index (χ0) is 15.5. The monoisotopic (exact) mass is 315 g/mol. The molecule has 0 fully saturated rings. The summed E-state index contributed by atoms with van der Waals surface area (Å²) in [6.07, 6.45) is -2.57. The van der Waals surface area contributed by atoms with E-state index in [1.165, 1.54) is 5.56 Å². The van der Waals surface area contributed by atoms with Crippen LogP contribution in [0.5, 0.6) is 0 Å². The Kier molecular flexibility index (Phi) is 4.67. The van der Waals surface area contributed by atoms with E-state index in [4.69, 9.17) is 11.6 Å². The van der Waals surface area contributed by atoms with E-state index in [9.17, 15) is 13.2 Å². The van der Waals surface area contributed by atoms with Crippen molar-refractivity contribution < 1.29 is 13.2 Å². The molecule has 1 aromatic heterocycles. The largest absolute Gasteiger partial charge is 0.433 e. The van der Waals surface area contributed by atoms with Gasteiger partial charge >= 0.3 is 6.18 Å². The molecule has 0 aliphatic carbocycles. The van der Waals surface area contributed by atoms with E-state index in [0.29, 0.717) is 5.69 Å². The molecule has 0 amide bonds. The number of halogens is 4. The van der Waals surface area contributed by atoms with Crippen molar-refractivity contribution in [2.75, 3.05) is 5.32 Å². The average Bonchev–Trinajstić information content (AvgIpc) is 2.40. The molecule has 1 aromatic carbocycles. The molecule has 0 saturated heterocycles. The average molecular weight is 316 g/mol. The molecule has 7 heteroatoms. The molecule has 1 heterocycles. The van der Waals surface area contributed by atoms with Crippen molar-refractivity contribution in [3.63, 3.8) is 0 Å². The highest BCUT2D eigenvalue weighted by Gasteiger charge is 2.33. The van der Waals surface area contributed by atoms with Crippen molar-refractivity contribution in [1.29, 1.82) is 0 Å². The molecule has 3 nitrogen and oxygen atoms in total. The Morgan fingerprint density at radius 3 is 2.38 bits per heavy atom. The number of nitrogens with one attached hydrogen (secondary N) is 1. The van der Waals surface area contributed by atoms with E-state index in [0.717, 1.165) is 18.9 Å². The van der Waals surface area contributed by atoms with Gasteiger partial charge in [0.25, 0.3) is 0 Å². The molecule has 112 valence electrons. The second-order valence-corrected chi connectivity index (χ2v) is 4.82. The maximum Gasteiger partial charge on any atom is 0.433 e. The van der Waals surface area contributed by atoms with E-state index in [-0.39, 0.29) is 5.82 Å². The van der Waals surface area contributed by atoms with Crippen LogP contribution in [-0.2, 0) is 12.6 Å². The fraction of sp³-hybridized carbons (Fsp3) is 0.286. The molecule has 2 aromatic rings. The molecule has 0 radical (unpaired) electrons. The van der Waals surface area contributed by atoms with Crippen LogP contribution in [0.1, 0.15) is 24.6 Å². The highest BCUT2D eigenvalue weighted by atomic mass is 35.5. The summed E-state index contributed by atoms with van der Waals surface area (Å²) >= 11 is 5.53. The molecule has 0 atom stereocenters. The Morgan fingerprint density at radius 2 is 1.81 bits per heavy atom. The molecule has 1 N–H and O–H groups in total. The Balaban J connectivity index is 2.21. The first-order valence-corrected chi connectivity index (χ1v) is 6.74. The number of alkyl halides is 3. The van der Waals surface area contributed by atoms with Crippen LogP contribution < -0.4 is 5.32 Å². The standard InChI is InChI=1S/C14H13ClF3N3/c1-2-3-9-4-6-10(7-5-9)19-12-8-11(14(16,17)18)20-13(15)21-12/h4-8H,2-3H2,1H3,(H,19,20,21). The number of nitrogens with zero attached hydrogens (tertiary/aromatic N) is 2. The summed E-state index contributed by atoms with van der Waals surface area (Å²) in [5.74, 6) is 0.00515. The van der Waals surface area contributed by atoms with Crippen molar-refractivity contribution >= 4 is 23.1 Å². The SMILES string of the molecule is CCCc1ccc(Nc2cc(C(F)(F)F)nc(Cl)n2)cc1. The third-order valence-corrected chi connectivity index (χ3v) is 2.92. The van der Waals surface area contributed by atoms with Gasteiger partial charge in [-0.25, -0.2) is 9.97 Å². The third kappa shape index (κ3) is 4.32. The maximum absolute atomic E-state index is 12.6. The molecule has 0 saturated carbocycles. The minimum Gasteiger partial charge on any atom is -0.340 e. The van der Waals surface area contributed by atoms with Crippen molar-refractivity contribution in [3.05, 3.63) is 46.9 Å². The third-order valence-electron chi connectivity index (χ3n) is 2.75. The number of benzene rings is 1. The van der Waals surface area contributed by atoms with E-state index >= 15 is 0 Å². The Hall–Kier alpha value is -1.82. The molecule has 0 spiro atoms. The summed E-state index contributed by atoms with van der Waals surface area (Å²) in [7, 11) is 0. The second-order valence-electron chi connectivity index (χ2n) is 4.48. The van der Waals surface area contributed by atoms with E-state index < -0.39 is 17.2 Å². The number of aromatic nitrogens is 2. The summed E-state index contributed by atoms with van der Waals surface area (Å²) < 4.78 is 37.9. The van der Waals surface area contributed by atoms with Crippen LogP contribution in [0.15, 0.2) is 30.3 Å². The van der Waals surface area contributed by atoms with Crippen LogP contribution in [0.25, 0.3) is 0 Å². The summed E-state index contributed by atoms with van der Waals surface area (Å²) in [6, 6.07) is 8.23. The van der Waals surface area contributed by atoms with Crippen LogP contribution in [0, 0.1) is 0 Å². The molecule has 21 heavy (non-hydrogen) atoms. The van der Waals surface area contributed by atoms with Gasteiger partial charge in [0.05, 0.1) is 0 Å². The fourth-order valence-corrected chi connectivity index (χ4v) is 2.00. The van der Waals surface area contributed by atoms with Crippen LogP contribution in [0.2, 0.25) is 5.28 Å². The van der Waals surface area contributed by atoms with Gasteiger partial charge in [0.2, 0.25) is 5.28 Å². The number of anilines is 2. The molecule has 0 aliphatic rings. The van der Waals surface area contributed by atoms with Gasteiger partial charge in [0.15, 0.2) is 5.69 Å². The first kappa shape index (κ1) is 15.6.